The van der Waals surface area contributed by atoms with Gasteiger partial charge in [-0.15, -0.1) is 0 Å². The maximum Gasteiger partial charge on any atom is 0.259 e. The smallest absolute Gasteiger partial charge is 0.259 e. The molecule has 0 saturated heterocycles. The van der Waals surface area contributed by atoms with Crippen LogP contribution in [0.2, 0.25) is 0 Å². The quantitative estimate of drug-likeness (QED) is 0.168. The summed E-state index contributed by atoms with van der Waals surface area (Å²) < 4.78 is 29.8. The summed E-state index contributed by atoms with van der Waals surface area (Å²) in [5, 5.41) is 5.21. The van der Waals surface area contributed by atoms with E-state index in [1.165, 1.54) is 11.0 Å². The van der Waals surface area contributed by atoms with E-state index in [4.69, 9.17) is 9.47 Å². The Bertz CT molecular complexity index is 2250. The van der Waals surface area contributed by atoms with Crippen LogP contribution in [0, 0.1) is 5.82 Å². The Labute approximate surface area is 277 Å². The molecule has 4 aromatic carbocycles. The number of nitrogens with zero attached hydrogens (tertiary/aromatic N) is 3. The van der Waals surface area contributed by atoms with Gasteiger partial charge in [0.05, 0.1) is 18.2 Å². The van der Waals surface area contributed by atoms with E-state index in [9.17, 15) is 9.59 Å². The lowest BCUT2D eigenvalue weighted by Crippen LogP contribution is -2.33. The Balaban J connectivity index is 1.30. The number of carbonyl (C=O) groups excluding carboxylic acids is 1. The molecule has 2 aromatic heterocycles. The maximum absolute atomic E-state index is 16.1. The van der Waals surface area contributed by atoms with Gasteiger partial charge in [0.25, 0.3) is 5.91 Å². The van der Waals surface area contributed by atoms with Crippen LogP contribution < -0.4 is 20.2 Å². The monoisotopic (exact) mass is 642 g/mol. The molecule has 0 unspecified atom stereocenters. The number of likely N-dealkylation sites (N-methyl/N-ethyl adjacent to an activating group) is 1. The van der Waals surface area contributed by atoms with Crippen molar-refractivity contribution in [3.05, 3.63) is 130 Å². The van der Waals surface area contributed by atoms with Gasteiger partial charge in [0, 0.05) is 44.6 Å². The Morgan fingerprint density at radius 3 is 2.56 bits per heavy atom. The first-order chi connectivity index (χ1) is 23.4. The molecule has 0 fully saturated rings. The van der Waals surface area contributed by atoms with Gasteiger partial charge in [0.15, 0.2) is 17.3 Å². The predicted octanol–water partition coefficient (Wildman–Crippen LogP) is 7.32. The van der Waals surface area contributed by atoms with Crippen LogP contribution in [-0.2, 0) is 19.3 Å². The molecule has 1 aliphatic rings. The van der Waals surface area contributed by atoms with Crippen LogP contribution in [0.5, 0.6) is 17.2 Å². The van der Waals surface area contributed by atoms with Crippen LogP contribution in [0.1, 0.15) is 34.1 Å². The number of halogens is 1. The maximum atomic E-state index is 16.1. The molecule has 48 heavy (non-hydrogen) atoms. The van der Waals surface area contributed by atoms with Gasteiger partial charge in [0.2, 0.25) is 5.43 Å². The third-order valence-electron chi connectivity index (χ3n) is 8.95. The van der Waals surface area contributed by atoms with E-state index in [2.05, 4.69) is 17.2 Å². The van der Waals surface area contributed by atoms with Crippen LogP contribution in [0.25, 0.3) is 27.4 Å². The van der Waals surface area contributed by atoms with Gasteiger partial charge < -0.3 is 24.3 Å². The fraction of sp³-hybridized carbons (Fsp3) is 0.205. The number of aromatic nitrogens is 2. The molecule has 0 atom stereocenters. The normalized spacial score (nSPS) is 11.7. The molecule has 0 bridgehead atoms. The fourth-order valence-corrected chi connectivity index (χ4v) is 6.32. The van der Waals surface area contributed by atoms with Crippen molar-refractivity contribution >= 4 is 33.3 Å². The van der Waals surface area contributed by atoms with Gasteiger partial charge in [0.1, 0.15) is 22.5 Å². The van der Waals surface area contributed by atoms with Crippen molar-refractivity contribution in [3.63, 3.8) is 0 Å². The molecule has 1 N–H and O–H groups in total. The molecule has 1 amide bonds. The highest BCUT2D eigenvalue weighted by Crippen LogP contribution is 2.46. The van der Waals surface area contributed by atoms with Crippen molar-refractivity contribution in [2.45, 2.75) is 26.2 Å². The van der Waals surface area contributed by atoms with E-state index >= 15 is 4.39 Å². The van der Waals surface area contributed by atoms with Crippen molar-refractivity contribution in [1.82, 2.24) is 14.5 Å². The second-order valence-corrected chi connectivity index (χ2v) is 11.9. The van der Waals surface area contributed by atoms with Crippen LogP contribution in [0.15, 0.2) is 96.1 Å². The topological polar surface area (TPSA) is 85.7 Å². The number of methoxy groups -OCH3 is 1. The van der Waals surface area contributed by atoms with E-state index < -0.39 is 17.2 Å². The third-order valence-corrected chi connectivity index (χ3v) is 8.95. The van der Waals surface area contributed by atoms with E-state index in [0.717, 1.165) is 39.8 Å². The number of pyridine rings is 2. The lowest BCUT2D eigenvalue weighted by molar-refractivity contribution is 0.0794. The van der Waals surface area contributed by atoms with Gasteiger partial charge in [-0.25, -0.2) is 4.39 Å². The molecule has 0 spiro atoms. The van der Waals surface area contributed by atoms with E-state index in [1.54, 1.807) is 31.1 Å². The first-order valence-electron chi connectivity index (χ1n) is 16.0. The zero-order valence-electron chi connectivity index (χ0n) is 27.0. The van der Waals surface area contributed by atoms with Crippen LogP contribution in [-0.4, -0.2) is 47.6 Å². The van der Waals surface area contributed by atoms with Crippen LogP contribution in [0.3, 0.4) is 0 Å². The van der Waals surface area contributed by atoms with E-state index in [0.29, 0.717) is 42.9 Å². The zero-order chi connectivity index (χ0) is 33.4. The molecule has 8 nitrogen and oxygen atoms in total. The van der Waals surface area contributed by atoms with E-state index in [-0.39, 0.29) is 22.4 Å². The SMILES string of the molecule is CCc1ccc(CCNc2c(F)cc3c(=O)c(C(=O)N(C)CCc4ccccn4)cn4c3c2Oc2cc3ccccc3cc2-4)cc1OC. The van der Waals surface area contributed by atoms with Gasteiger partial charge in [-0.1, -0.05) is 49.4 Å². The average molecular weight is 643 g/mol. The molecule has 242 valence electrons. The number of anilines is 1. The molecule has 1 aliphatic heterocycles. The third kappa shape index (κ3) is 5.61. The Morgan fingerprint density at radius 1 is 1.02 bits per heavy atom. The highest BCUT2D eigenvalue weighted by atomic mass is 19.1. The molecule has 0 aliphatic carbocycles. The fourth-order valence-electron chi connectivity index (χ4n) is 6.32. The number of benzene rings is 4. The van der Waals surface area contributed by atoms with E-state index in [1.807, 2.05) is 72.8 Å². The van der Waals surface area contributed by atoms with Gasteiger partial charge in [-0.3, -0.25) is 14.6 Å². The summed E-state index contributed by atoms with van der Waals surface area (Å²) >= 11 is 0. The Hall–Kier alpha value is -5.70. The summed E-state index contributed by atoms with van der Waals surface area (Å²) in [5.74, 6) is 0.417. The predicted molar refractivity (Wildman–Crippen MR) is 187 cm³/mol. The van der Waals surface area contributed by atoms with Gasteiger partial charge in [-0.05, 0) is 71.1 Å². The number of aryl methyl sites for hydroxylation is 1. The highest BCUT2D eigenvalue weighted by Gasteiger charge is 2.29. The number of rotatable bonds is 10. The summed E-state index contributed by atoms with van der Waals surface area (Å²) in [7, 11) is 3.31. The van der Waals surface area contributed by atoms with Crippen molar-refractivity contribution in [2.24, 2.45) is 0 Å². The first kappa shape index (κ1) is 30.9. The Kier molecular flexibility index (Phi) is 8.27. The minimum Gasteiger partial charge on any atom is -0.496 e. The minimum atomic E-state index is -0.641. The van der Waals surface area contributed by atoms with Crippen molar-refractivity contribution in [3.8, 4) is 22.9 Å². The number of nitrogens with one attached hydrogen (secondary N) is 1. The molecule has 6 aromatic rings. The van der Waals surface area contributed by atoms with Crippen molar-refractivity contribution < 1.29 is 18.7 Å². The molecule has 9 heteroatoms. The standard InChI is InChI=1S/C39H35FN4O4/c1-4-25-13-12-24(19-33(25)47-3)14-17-42-35-31(40)22-29-36-38(35)48-34-21-27-10-6-5-9-26(27)20-32(34)44(36)23-30(37(29)45)39(46)43(2)18-15-28-11-7-8-16-41-28/h5-13,16,19-23,42H,4,14-15,17-18H2,1-3H3. The number of hydrogen-bond donors (Lipinski definition) is 1. The summed E-state index contributed by atoms with van der Waals surface area (Å²) in [4.78, 5) is 33.6. The van der Waals surface area contributed by atoms with Gasteiger partial charge in [-0.2, -0.15) is 0 Å². The molecular formula is C39H35FN4O4. The summed E-state index contributed by atoms with van der Waals surface area (Å²) in [6, 6.07) is 24.6. The molecular weight excluding hydrogens is 607 g/mol. The van der Waals surface area contributed by atoms with Crippen molar-refractivity contribution in [2.75, 3.05) is 32.6 Å². The molecule has 7 rings (SSSR count). The Morgan fingerprint density at radius 2 is 1.81 bits per heavy atom. The number of ether oxygens (including phenoxy) is 2. The first-order valence-corrected chi connectivity index (χ1v) is 16.0. The highest BCUT2D eigenvalue weighted by molar-refractivity contribution is 6.02. The lowest BCUT2D eigenvalue weighted by atomic mass is 10.0. The summed E-state index contributed by atoms with van der Waals surface area (Å²) in [6.07, 6.45) is 5.25. The van der Waals surface area contributed by atoms with Crippen LogP contribution in [0.4, 0.5) is 10.1 Å². The largest absolute Gasteiger partial charge is 0.496 e. The summed E-state index contributed by atoms with van der Waals surface area (Å²) in [5.41, 5.74) is 3.58. The molecule has 0 radical (unpaired) electrons. The van der Waals surface area contributed by atoms with Crippen LogP contribution >= 0.6 is 0 Å². The molecule has 3 heterocycles. The lowest BCUT2D eigenvalue weighted by Gasteiger charge is -2.27. The second kappa shape index (κ2) is 12.8. The number of fused-ring (bicyclic) bond motifs is 3. The van der Waals surface area contributed by atoms with Crippen molar-refractivity contribution in [1.29, 1.82) is 0 Å². The number of hydrogen-bond acceptors (Lipinski definition) is 6. The number of amides is 1. The number of carbonyl (C=O) groups is 1. The second-order valence-electron chi connectivity index (χ2n) is 11.9. The summed E-state index contributed by atoms with van der Waals surface area (Å²) in [6.45, 7) is 2.83. The zero-order valence-corrected chi connectivity index (χ0v) is 27.0. The molecule has 0 saturated carbocycles. The van der Waals surface area contributed by atoms with Gasteiger partial charge >= 0.3 is 0 Å². The minimum absolute atomic E-state index is 0.0532. The average Bonchev–Trinajstić information content (AvgIpc) is 3.11.